The first-order valence-corrected chi connectivity index (χ1v) is 11.7. The van der Waals surface area contributed by atoms with Crippen molar-refractivity contribution >= 4 is 27.6 Å². The summed E-state index contributed by atoms with van der Waals surface area (Å²) < 4.78 is 35.9. The summed E-state index contributed by atoms with van der Waals surface area (Å²) in [6, 6.07) is 6.83. The number of esters is 1. The molecule has 0 unspecified atom stereocenters. The molecule has 0 saturated carbocycles. The number of amides is 1. The van der Waals surface area contributed by atoms with Gasteiger partial charge in [0, 0.05) is 32.1 Å². The summed E-state index contributed by atoms with van der Waals surface area (Å²) in [5.41, 5.74) is 0.509. The average Bonchev–Trinajstić information content (AvgIpc) is 2.70. The van der Waals surface area contributed by atoms with Crippen molar-refractivity contribution in [1.82, 2.24) is 4.90 Å². The molecule has 1 amide bonds. The molecule has 1 aromatic carbocycles. The van der Waals surface area contributed by atoms with E-state index < -0.39 is 10.0 Å². The summed E-state index contributed by atoms with van der Waals surface area (Å²) in [7, 11) is -1.97. The normalized spacial score (nSPS) is 15.1. The number of methoxy groups -OCH3 is 1. The SMILES string of the molecule is CCOC(=O)C1CCN(C(=O)CCCN(c2cccc(OC)c2)S(C)(=O)=O)CC1. The molecule has 0 aliphatic carbocycles. The number of benzene rings is 1. The minimum absolute atomic E-state index is 0.0218. The number of likely N-dealkylation sites (tertiary alicyclic amines) is 1. The molecule has 1 aliphatic rings. The summed E-state index contributed by atoms with van der Waals surface area (Å²) in [4.78, 5) is 26.0. The largest absolute Gasteiger partial charge is 0.497 e. The van der Waals surface area contributed by atoms with Crippen LogP contribution in [0, 0.1) is 5.92 Å². The number of carbonyl (C=O) groups is 2. The quantitative estimate of drug-likeness (QED) is 0.561. The standard InChI is InChI=1S/C20H30N2O6S/c1-4-28-20(24)16-10-13-21(14-11-16)19(23)9-6-12-22(29(3,25)26)17-7-5-8-18(15-17)27-2/h5,7-8,15-16H,4,6,9-14H2,1-3H3. The number of nitrogens with zero attached hydrogens (tertiary/aromatic N) is 2. The van der Waals surface area contributed by atoms with Crippen LogP contribution in [0.15, 0.2) is 24.3 Å². The zero-order chi connectivity index (χ0) is 21.4. The van der Waals surface area contributed by atoms with E-state index >= 15 is 0 Å². The second kappa shape index (κ2) is 10.5. The number of carbonyl (C=O) groups excluding carboxylic acids is 2. The van der Waals surface area contributed by atoms with Crippen molar-refractivity contribution < 1.29 is 27.5 Å². The molecule has 1 saturated heterocycles. The highest BCUT2D eigenvalue weighted by Crippen LogP contribution is 2.24. The van der Waals surface area contributed by atoms with E-state index in [1.165, 1.54) is 11.4 Å². The summed E-state index contributed by atoms with van der Waals surface area (Å²) in [5, 5.41) is 0. The minimum Gasteiger partial charge on any atom is -0.497 e. The summed E-state index contributed by atoms with van der Waals surface area (Å²) in [6.45, 7) is 3.39. The van der Waals surface area contributed by atoms with Crippen molar-refractivity contribution in [3.05, 3.63) is 24.3 Å². The number of hydrogen-bond donors (Lipinski definition) is 0. The van der Waals surface area contributed by atoms with E-state index in [0.717, 1.165) is 6.26 Å². The number of rotatable bonds is 9. The third-order valence-electron chi connectivity index (χ3n) is 4.96. The lowest BCUT2D eigenvalue weighted by Gasteiger charge is -2.31. The number of piperidine rings is 1. The maximum atomic E-state index is 12.5. The highest BCUT2D eigenvalue weighted by Gasteiger charge is 2.28. The zero-order valence-corrected chi connectivity index (χ0v) is 18.1. The lowest BCUT2D eigenvalue weighted by atomic mass is 9.97. The maximum absolute atomic E-state index is 12.5. The monoisotopic (exact) mass is 426 g/mol. The van der Waals surface area contributed by atoms with Gasteiger partial charge in [0.2, 0.25) is 15.9 Å². The molecular weight excluding hydrogens is 396 g/mol. The molecule has 1 aliphatic heterocycles. The van der Waals surface area contributed by atoms with Crippen LogP contribution >= 0.6 is 0 Å². The molecule has 1 fully saturated rings. The third kappa shape index (κ3) is 6.62. The average molecular weight is 427 g/mol. The molecule has 0 atom stereocenters. The van der Waals surface area contributed by atoms with Crippen molar-refractivity contribution in [2.45, 2.75) is 32.6 Å². The van der Waals surface area contributed by atoms with Gasteiger partial charge in [-0.05, 0) is 38.3 Å². The Morgan fingerprint density at radius 1 is 1.24 bits per heavy atom. The van der Waals surface area contributed by atoms with Crippen molar-refractivity contribution in [1.29, 1.82) is 0 Å². The van der Waals surface area contributed by atoms with E-state index in [4.69, 9.17) is 9.47 Å². The first-order chi connectivity index (χ1) is 13.8. The Kier molecular flexibility index (Phi) is 8.31. The molecule has 0 aromatic heterocycles. The van der Waals surface area contributed by atoms with Gasteiger partial charge >= 0.3 is 5.97 Å². The molecular formula is C20H30N2O6S. The second-order valence-corrected chi connectivity index (χ2v) is 8.95. The van der Waals surface area contributed by atoms with Gasteiger partial charge in [-0.3, -0.25) is 13.9 Å². The lowest BCUT2D eigenvalue weighted by molar-refractivity contribution is -0.151. The highest BCUT2D eigenvalue weighted by molar-refractivity contribution is 7.92. The second-order valence-electron chi connectivity index (χ2n) is 7.05. The van der Waals surface area contributed by atoms with Crippen molar-refractivity contribution in [3.8, 4) is 5.75 Å². The van der Waals surface area contributed by atoms with Gasteiger partial charge in [-0.15, -0.1) is 0 Å². The molecule has 29 heavy (non-hydrogen) atoms. The predicted molar refractivity (Wildman–Crippen MR) is 110 cm³/mol. The number of anilines is 1. The van der Waals surface area contributed by atoms with Crippen LogP contribution in [0.5, 0.6) is 5.75 Å². The molecule has 1 aromatic rings. The zero-order valence-electron chi connectivity index (χ0n) is 17.3. The Bertz CT molecular complexity index is 803. The molecule has 2 rings (SSSR count). The van der Waals surface area contributed by atoms with E-state index in [1.54, 1.807) is 36.1 Å². The molecule has 9 heteroatoms. The molecule has 0 N–H and O–H groups in total. The van der Waals surface area contributed by atoms with Crippen molar-refractivity contribution in [2.75, 3.05) is 43.9 Å². The Balaban J connectivity index is 1.88. The van der Waals surface area contributed by atoms with Gasteiger partial charge in [0.1, 0.15) is 5.75 Å². The highest BCUT2D eigenvalue weighted by atomic mass is 32.2. The third-order valence-corrected chi connectivity index (χ3v) is 6.16. The van der Waals surface area contributed by atoms with E-state index in [0.29, 0.717) is 50.4 Å². The predicted octanol–water partition coefficient (Wildman–Crippen LogP) is 2.04. The Hall–Kier alpha value is -2.29. The van der Waals surface area contributed by atoms with Gasteiger partial charge < -0.3 is 14.4 Å². The van der Waals surface area contributed by atoms with Gasteiger partial charge in [0.05, 0.1) is 31.6 Å². The van der Waals surface area contributed by atoms with E-state index in [9.17, 15) is 18.0 Å². The molecule has 162 valence electrons. The lowest BCUT2D eigenvalue weighted by Crippen LogP contribution is -2.41. The fourth-order valence-electron chi connectivity index (χ4n) is 3.41. The van der Waals surface area contributed by atoms with Crippen LogP contribution in [-0.4, -0.2) is 64.8 Å². The number of sulfonamides is 1. The van der Waals surface area contributed by atoms with E-state index in [-0.39, 0.29) is 30.8 Å². The van der Waals surface area contributed by atoms with Gasteiger partial charge in [0.25, 0.3) is 0 Å². The van der Waals surface area contributed by atoms with Crippen LogP contribution in [0.4, 0.5) is 5.69 Å². The molecule has 1 heterocycles. The van der Waals surface area contributed by atoms with Crippen molar-refractivity contribution in [2.24, 2.45) is 5.92 Å². The topological polar surface area (TPSA) is 93.2 Å². The van der Waals surface area contributed by atoms with Crippen LogP contribution in [0.2, 0.25) is 0 Å². The molecule has 8 nitrogen and oxygen atoms in total. The van der Waals surface area contributed by atoms with Gasteiger partial charge in [0.15, 0.2) is 0 Å². The Morgan fingerprint density at radius 2 is 1.93 bits per heavy atom. The fourth-order valence-corrected chi connectivity index (χ4v) is 4.37. The smallest absolute Gasteiger partial charge is 0.309 e. The number of hydrogen-bond acceptors (Lipinski definition) is 6. The van der Waals surface area contributed by atoms with Crippen LogP contribution in [0.25, 0.3) is 0 Å². The van der Waals surface area contributed by atoms with Crippen LogP contribution < -0.4 is 9.04 Å². The Morgan fingerprint density at radius 3 is 2.52 bits per heavy atom. The first kappa shape index (κ1) is 23.0. The van der Waals surface area contributed by atoms with Gasteiger partial charge in [-0.2, -0.15) is 0 Å². The molecule has 0 bridgehead atoms. The fraction of sp³-hybridized carbons (Fsp3) is 0.600. The van der Waals surface area contributed by atoms with E-state index in [2.05, 4.69) is 0 Å². The van der Waals surface area contributed by atoms with Crippen LogP contribution in [0.3, 0.4) is 0 Å². The molecule has 0 radical (unpaired) electrons. The first-order valence-electron chi connectivity index (χ1n) is 9.82. The summed E-state index contributed by atoms with van der Waals surface area (Å²) >= 11 is 0. The van der Waals surface area contributed by atoms with Crippen LogP contribution in [0.1, 0.15) is 32.6 Å². The summed E-state index contributed by atoms with van der Waals surface area (Å²) in [5.74, 6) is 0.206. The van der Waals surface area contributed by atoms with Gasteiger partial charge in [-0.25, -0.2) is 8.42 Å². The van der Waals surface area contributed by atoms with Crippen LogP contribution in [-0.2, 0) is 24.3 Å². The van der Waals surface area contributed by atoms with E-state index in [1.807, 2.05) is 0 Å². The maximum Gasteiger partial charge on any atom is 0.309 e. The van der Waals surface area contributed by atoms with Gasteiger partial charge in [-0.1, -0.05) is 6.07 Å². The molecule has 0 spiro atoms. The minimum atomic E-state index is -3.49. The van der Waals surface area contributed by atoms with Crippen molar-refractivity contribution in [3.63, 3.8) is 0 Å². The summed E-state index contributed by atoms with van der Waals surface area (Å²) in [6.07, 6.45) is 3.00. The number of ether oxygens (including phenoxy) is 2. The Labute approximate surface area is 172 Å².